The van der Waals surface area contributed by atoms with Crippen LogP contribution in [0.3, 0.4) is 0 Å². The highest BCUT2D eigenvalue weighted by Gasteiger charge is 1.97. The number of primary amides is 1. The van der Waals surface area contributed by atoms with Crippen LogP contribution < -0.4 is 5.73 Å². The molecule has 2 N–H and O–H groups in total. The lowest BCUT2D eigenvalue weighted by atomic mass is 10.2. The molecular weight excluding hydrogens is 170 g/mol. The monoisotopic (exact) mass is 179 g/mol. The molecule has 0 aromatic carbocycles. The van der Waals surface area contributed by atoms with E-state index in [0.29, 0.717) is 11.2 Å². The Balaban J connectivity index is 3.05. The van der Waals surface area contributed by atoms with Crippen LogP contribution >= 0.6 is 15.9 Å². The number of carbonyl (C=O) groups excluding carboxylic acids is 1. The first-order valence-electron chi connectivity index (χ1n) is 2.55. The molecule has 0 radical (unpaired) electrons. The van der Waals surface area contributed by atoms with Crippen molar-refractivity contribution in [2.24, 2.45) is 5.73 Å². The third kappa shape index (κ3) is 5.95. The summed E-state index contributed by atoms with van der Waals surface area (Å²) in [5.74, 6) is -0.226. The molecule has 0 aromatic heterocycles. The van der Waals surface area contributed by atoms with Gasteiger partial charge < -0.3 is 5.73 Å². The summed E-state index contributed by atoms with van der Waals surface area (Å²) >= 11 is 3.30. The van der Waals surface area contributed by atoms with Gasteiger partial charge in [0, 0.05) is 11.2 Å². The van der Waals surface area contributed by atoms with Crippen LogP contribution in [0.2, 0.25) is 0 Å². The normalized spacial score (nSPS) is 13.2. The Labute approximate surface area is 57.6 Å². The van der Waals surface area contributed by atoms with E-state index in [9.17, 15) is 4.79 Å². The number of halogens is 1. The van der Waals surface area contributed by atoms with Crippen LogP contribution in [0.15, 0.2) is 0 Å². The largest absolute Gasteiger partial charge is 0.370 e. The quantitative estimate of drug-likeness (QED) is 0.647. The Bertz CT molecular complexity index is 82.5. The molecule has 0 aliphatic rings. The predicted octanol–water partition coefficient (Wildman–Crippen LogP) is 1.04. The fourth-order valence-electron chi connectivity index (χ4n) is 0.341. The van der Waals surface area contributed by atoms with Crippen molar-refractivity contribution < 1.29 is 4.79 Å². The smallest absolute Gasteiger partial charge is 0.217 e. The fourth-order valence-corrected chi connectivity index (χ4v) is 0.570. The molecule has 0 fully saturated rings. The van der Waals surface area contributed by atoms with Gasteiger partial charge in [0.15, 0.2) is 0 Å². The van der Waals surface area contributed by atoms with Gasteiger partial charge in [0.25, 0.3) is 0 Å². The highest BCUT2D eigenvalue weighted by Crippen LogP contribution is 2.04. The van der Waals surface area contributed by atoms with E-state index in [2.05, 4.69) is 15.9 Å². The van der Waals surface area contributed by atoms with E-state index >= 15 is 0 Å². The molecule has 1 atom stereocenters. The summed E-state index contributed by atoms with van der Waals surface area (Å²) in [5.41, 5.74) is 4.88. The Hall–Kier alpha value is -0.0500. The molecule has 2 nitrogen and oxygen atoms in total. The van der Waals surface area contributed by atoms with Gasteiger partial charge in [0.1, 0.15) is 0 Å². The first-order chi connectivity index (χ1) is 3.63. The van der Waals surface area contributed by atoms with Crippen LogP contribution in [0.5, 0.6) is 0 Å². The third-order valence-electron chi connectivity index (χ3n) is 0.789. The molecule has 0 saturated carbocycles. The van der Waals surface area contributed by atoms with Crippen LogP contribution in [0.25, 0.3) is 0 Å². The Morgan fingerprint density at radius 3 is 2.50 bits per heavy atom. The van der Waals surface area contributed by atoms with Gasteiger partial charge in [-0.25, -0.2) is 0 Å². The highest BCUT2D eigenvalue weighted by atomic mass is 79.9. The second-order valence-corrected chi connectivity index (χ2v) is 3.35. The molecule has 3 heteroatoms. The molecule has 0 rings (SSSR count). The summed E-state index contributed by atoms with van der Waals surface area (Å²) in [5, 5.41) is 0. The summed E-state index contributed by atoms with van der Waals surface area (Å²) < 4.78 is 0. The zero-order chi connectivity index (χ0) is 6.57. The summed E-state index contributed by atoms with van der Waals surface area (Å²) in [7, 11) is 0. The molecule has 0 heterocycles. The maximum Gasteiger partial charge on any atom is 0.217 e. The summed E-state index contributed by atoms with van der Waals surface area (Å²) in [6.07, 6.45) is 1.31. The maximum atomic E-state index is 10.1. The van der Waals surface area contributed by atoms with E-state index in [1.165, 1.54) is 0 Å². The minimum atomic E-state index is -0.226. The molecule has 0 bridgehead atoms. The van der Waals surface area contributed by atoms with E-state index in [1.54, 1.807) is 0 Å². The molecule has 0 unspecified atom stereocenters. The van der Waals surface area contributed by atoms with Crippen LogP contribution in [-0.4, -0.2) is 10.7 Å². The van der Waals surface area contributed by atoms with Gasteiger partial charge in [0.2, 0.25) is 5.91 Å². The van der Waals surface area contributed by atoms with Crippen LogP contribution in [0, 0.1) is 0 Å². The van der Waals surface area contributed by atoms with Crippen LogP contribution in [-0.2, 0) is 4.79 Å². The van der Waals surface area contributed by atoms with Crippen molar-refractivity contribution in [2.75, 3.05) is 0 Å². The molecule has 0 saturated heterocycles. The average molecular weight is 180 g/mol. The lowest BCUT2D eigenvalue weighted by molar-refractivity contribution is -0.118. The van der Waals surface area contributed by atoms with E-state index in [4.69, 9.17) is 5.73 Å². The van der Waals surface area contributed by atoms with Crippen molar-refractivity contribution >= 4 is 21.8 Å². The zero-order valence-corrected chi connectivity index (χ0v) is 6.44. The molecule has 0 aromatic rings. The van der Waals surface area contributed by atoms with E-state index in [1.807, 2.05) is 6.92 Å². The van der Waals surface area contributed by atoms with Crippen molar-refractivity contribution in [3.63, 3.8) is 0 Å². The van der Waals surface area contributed by atoms with Gasteiger partial charge in [-0.1, -0.05) is 22.9 Å². The summed E-state index contributed by atoms with van der Waals surface area (Å²) in [6.45, 7) is 1.99. The zero-order valence-electron chi connectivity index (χ0n) is 4.86. The summed E-state index contributed by atoms with van der Waals surface area (Å²) in [6, 6.07) is 0. The van der Waals surface area contributed by atoms with Crippen LogP contribution in [0.4, 0.5) is 0 Å². The van der Waals surface area contributed by atoms with Gasteiger partial charge in [0.05, 0.1) is 0 Å². The number of hydrogen-bond acceptors (Lipinski definition) is 1. The minimum absolute atomic E-state index is 0.226. The molecule has 8 heavy (non-hydrogen) atoms. The van der Waals surface area contributed by atoms with Crippen molar-refractivity contribution in [2.45, 2.75) is 24.6 Å². The second kappa shape index (κ2) is 3.89. The second-order valence-electron chi connectivity index (χ2n) is 1.79. The molecule has 0 spiro atoms. The number of carbonyl (C=O) groups is 1. The highest BCUT2D eigenvalue weighted by molar-refractivity contribution is 9.09. The molecule has 0 aliphatic carbocycles. The molecule has 1 amide bonds. The SMILES string of the molecule is C[C@@H](Br)CCC(N)=O. The molecule has 48 valence electrons. The van der Waals surface area contributed by atoms with Gasteiger partial charge in [-0.05, 0) is 6.42 Å². The number of nitrogens with two attached hydrogens (primary N) is 1. The lowest BCUT2D eigenvalue weighted by Gasteiger charge is -1.96. The number of hydrogen-bond donors (Lipinski definition) is 1. The van der Waals surface area contributed by atoms with Gasteiger partial charge in [-0.3, -0.25) is 4.79 Å². The maximum absolute atomic E-state index is 10.1. The standard InChI is InChI=1S/C5H10BrNO/c1-4(6)2-3-5(7)8/h4H,2-3H2,1H3,(H2,7,8)/t4-/m1/s1. The topological polar surface area (TPSA) is 43.1 Å². The first-order valence-corrected chi connectivity index (χ1v) is 3.47. The Kier molecular flexibility index (Phi) is 3.87. The number of alkyl halides is 1. The van der Waals surface area contributed by atoms with Crippen LogP contribution in [0.1, 0.15) is 19.8 Å². The van der Waals surface area contributed by atoms with E-state index < -0.39 is 0 Å². The van der Waals surface area contributed by atoms with Crippen molar-refractivity contribution in [3.8, 4) is 0 Å². The van der Waals surface area contributed by atoms with Gasteiger partial charge >= 0.3 is 0 Å². The molecule has 0 aliphatic heterocycles. The van der Waals surface area contributed by atoms with Gasteiger partial charge in [-0.15, -0.1) is 0 Å². The number of amides is 1. The van der Waals surface area contributed by atoms with Crippen molar-refractivity contribution in [1.29, 1.82) is 0 Å². The fraction of sp³-hybridized carbons (Fsp3) is 0.800. The number of rotatable bonds is 3. The minimum Gasteiger partial charge on any atom is -0.370 e. The van der Waals surface area contributed by atoms with Crippen molar-refractivity contribution in [3.05, 3.63) is 0 Å². The third-order valence-corrected chi connectivity index (χ3v) is 1.25. The van der Waals surface area contributed by atoms with E-state index in [-0.39, 0.29) is 5.91 Å². The lowest BCUT2D eigenvalue weighted by Crippen LogP contribution is -2.11. The predicted molar refractivity (Wildman–Crippen MR) is 36.8 cm³/mol. The Morgan fingerprint density at radius 1 is 1.88 bits per heavy atom. The van der Waals surface area contributed by atoms with E-state index in [0.717, 1.165) is 6.42 Å². The van der Waals surface area contributed by atoms with Crippen molar-refractivity contribution in [1.82, 2.24) is 0 Å². The molecular formula is C5H10BrNO. The average Bonchev–Trinajstić information content (AvgIpc) is 1.61. The Morgan fingerprint density at radius 2 is 2.38 bits per heavy atom. The summed E-state index contributed by atoms with van der Waals surface area (Å²) in [4.78, 5) is 10.5. The first kappa shape index (κ1) is 7.95. The van der Waals surface area contributed by atoms with Gasteiger partial charge in [-0.2, -0.15) is 0 Å².